The molecule has 84 valence electrons. The molecular weight excluding hydrogens is 223 g/mol. The van der Waals surface area contributed by atoms with Gasteiger partial charge in [-0.05, 0) is 18.2 Å². The van der Waals surface area contributed by atoms with Gasteiger partial charge in [-0.25, -0.2) is 4.39 Å². The normalized spacial score (nSPS) is 9.65. The summed E-state index contributed by atoms with van der Waals surface area (Å²) in [5.41, 5.74) is 5.18. The molecule has 0 saturated carbocycles. The number of rotatable bonds is 2. The molecule has 0 saturated heterocycles. The Morgan fingerprint density at radius 2 is 2.06 bits per heavy atom. The second-order valence-electron chi connectivity index (χ2n) is 3.12. The number of nitrogens with zero attached hydrogens (tertiary/aromatic N) is 3. The summed E-state index contributed by atoms with van der Waals surface area (Å²) in [7, 11) is 0. The van der Waals surface area contributed by atoms with Crippen molar-refractivity contribution in [3.8, 4) is 17.7 Å². The maximum Gasteiger partial charge on any atom is 0.239 e. The molecule has 0 bridgehead atoms. The molecule has 5 nitrogen and oxygen atoms in total. The zero-order valence-electron chi connectivity index (χ0n) is 8.59. The molecule has 0 radical (unpaired) electrons. The molecule has 2 aromatic rings. The molecule has 0 aliphatic rings. The molecule has 1 aromatic carbocycles. The van der Waals surface area contributed by atoms with Crippen LogP contribution in [0, 0.1) is 17.1 Å². The van der Waals surface area contributed by atoms with Crippen LogP contribution in [0.1, 0.15) is 5.56 Å². The molecule has 0 spiro atoms. The van der Waals surface area contributed by atoms with E-state index in [0.29, 0.717) is 0 Å². The Labute approximate surface area is 96.3 Å². The molecule has 0 aliphatic carbocycles. The van der Waals surface area contributed by atoms with E-state index in [2.05, 4.69) is 10.2 Å². The number of hydrogen-bond acceptors (Lipinski definition) is 5. The summed E-state index contributed by atoms with van der Waals surface area (Å²) in [6.07, 6.45) is 0. The second kappa shape index (κ2) is 4.45. The van der Waals surface area contributed by atoms with Crippen molar-refractivity contribution in [3.63, 3.8) is 0 Å². The maximum atomic E-state index is 13.3. The number of halogens is 1. The Balaban J connectivity index is 2.34. The first-order valence-corrected chi connectivity index (χ1v) is 4.66. The molecule has 0 unspecified atom stereocenters. The summed E-state index contributed by atoms with van der Waals surface area (Å²) in [6, 6.07) is 8.79. The fourth-order valence-electron chi connectivity index (χ4n) is 1.20. The highest BCUT2D eigenvalue weighted by Crippen LogP contribution is 2.25. The highest BCUT2D eigenvalue weighted by Gasteiger charge is 2.10. The molecular formula is C11H7FN4O. The van der Waals surface area contributed by atoms with Crippen molar-refractivity contribution in [2.45, 2.75) is 0 Å². The topological polar surface area (TPSA) is 84.8 Å². The van der Waals surface area contributed by atoms with Crippen LogP contribution in [0.3, 0.4) is 0 Å². The summed E-state index contributed by atoms with van der Waals surface area (Å²) < 4.78 is 18.5. The monoisotopic (exact) mass is 230 g/mol. The fourth-order valence-corrected chi connectivity index (χ4v) is 1.20. The van der Waals surface area contributed by atoms with Gasteiger partial charge in [0.25, 0.3) is 0 Å². The van der Waals surface area contributed by atoms with Gasteiger partial charge in [-0.3, -0.25) is 0 Å². The quantitative estimate of drug-likeness (QED) is 0.851. The third kappa shape index (κ3) is 2.29. The van der Waals surface area contributed by atoms with E-state index >= 15 is 0 Å². The van der Waals surface area contributed by atoms with Gasteiger partial charge in [0.1, 0.15) is 29.0 Å². The van der Waals surface area contributed by atoms with E-state index in [1.807, 2.05) is 0 Å². The van der Waals surface area contributed by atoms with Gasteiger partial charge in [-0.15, -0.1) is 10.2 Å². The van der Waals surface area contributed by atoms with Crippen LogP contribution in [0.25, 0.3) is 0 Å². The first kappa shape index (κ1) is 10.8. The lowest BCUT2D eigenvalue weighted by Gasteiger charge is -2.05. The first-order chi connectivity index (χ1) is 8.20. The van der Waals surface area contributed by atoms with Crippen LogP contribution in [0.15, 0.2) is 30.3 Å². The zero-order chi connectivity index (χ0) is 12.3. The van der Waals surface area contributed by atoms with E-state index in [1.54, 1.807) is 6.07 Å². The van der Waals surface area contributed by atoms with Crippen molar-refractivity contribution in [1.82, 2.24) is 10.2 Å². The molecule has 1 heterocycles. The van der Waals surface area contributed by atoms with E-state index < -0.39 is 5.82 Å². The predicted octanol–water partition coefficient (Wildman–Crippen LogP) is 1.86. The van der Waals surface area contributed by atoms with Crippen molar-refractivity contribution >= 4 is 5.82 Å². The van der Waals surface area contributed by atoms with Crippen LogP contribution in [-0.2, 0) is 0 Å². The van der Waals surface area contributed by atoms with Gasteiger partial charge in [0.2, 0.25) is 5.88 Å². The molecule has 0 fully saturated rings. The van der Waals surface area contributed by atoms with Crippen LogP contribution in [-0.4, -0.2) is 10.2 Å². The van der Waals surface area contributed by atoms with Crippen molar-refractivity contribution in [2.75, 3.05) is 5.73 Å². The number of benzene rings is 1. The van der Waals surface area contributed by atoms with E-state index in [4.69, 9.17) is 15.7 Å². The predicted molar refractivity (Wildman–Crippen MR) is 57.6 cm³/mol. The van der Waals surface area contributed by atoms with Crippen LogP contribution < -0.4 is 10.5 Å². The van der Waals surface area contributed by atoms with Gasteiger partial charge < -0.3 is 10.5 Å². The summed E-state index contributed by atoms with van der Waals surface area (Å²) in [4.78, 5) is 0. The Bertz CT molecular complexity index is 577. The smallest absolute Gasteiger partial charge is 0.239 e. The molecule has 2 rings (SSSR count). The number of nitriles is 1. The number of ether oxygens (including phenoxy) is 1. The van der Waals surface area contributed by atoms with E-state index in [-0.39, 0.29) is 23.0 Å². The van der Waals surface area contributed by atoms with Crippen molar-refractivity contribution in [2.24, 2.45) is 0 Å². The van der Waals surface area contributed by atoms with Gasteiger partial charge in [0.15, 0.2) is 0 Å². The molecule has 17 heavy (non-hydrogen) atoms. The van der Waals surface area contributed by atoms with Gasteiger partial charge in [0, 0.05) is 6.07 Å². The van der Waals surface area contributed by atoms with Gasteiger partial charge >= 0.3 is 0 Å². The largest absolute Gasteiger partial charge is 0.436 e. The average Bonchev–Trinajstić information content (AvgIpc) is 2.32. The second-order valence-corrected chi connectivity index (χ2v) is 3.12. The minimum Gasteiger partial charge on any atom is -0.436 e. The summed E-state index contributed by atoms with van der Waals surface area (Å²) in [5.74, 6) is -0.168. The van der Waals surface area contributed by atoms with Crippen molar-refractivity contribution in [1.29, 1.82) is 5.26 Å². The summed E-state index contributed by atoms with van der Waals surface area (Å²) >= 11 is 0. The molecule has 0 aliphatic heterocycles. The Hall–Kier alpha value is -2.68. The number of anilines is 1. The first-order valence-electron chi connectivity index (χ1n) is 4.66. The fraction of sp³-hybridized carbons (Fsp3) is 0. The van der Waals surface area contributed by atoms with E-state index in [1.165, 1.54) is 30.3 Å². The van der Waals surface area contributed by atoms with Crippen molar-refractivity contribution < 1.29 is 9.13 Å². The molecule has 2 N–H and O–H groups in total. The van der Waals surface area contributed by atoms with Crippen molar-refractivity contribution in [3.05, 3.63) is 41.7 Å². The van der Waals surface area contributed by atoms with Crippen LogP contribution in [0.2, 0.25) is 0 Å². The van der Waals surface area contributed by atoms with Crippen LogP contribution in [0.5, 0.6) is 11.6 Å². The lowest BCUT2D eigenvalue weighted by atomic mass is 10.2. The Morgan fingerprint density at radius 1 is 1.24 bits per heavy atom. The summed E-state index contributed by atoms with van der Waals surface area (Å²) in [5, 5.41) is 16.0. The number of aromatic nitrogens is 2. The van der Waals surface area contributed by atoms with Crippen LogP contribution >= 0.6 is 0 Å². The number of nitrogens with two attached hydrogens (primary N) is 1. The minimum atomic E-state index is -0.645. The third-order valence-electron chi connectivity index (χ3n) is 1.96. The lowest BCUT2D eigenvalue weighted by molar-refractivity contribution is 0.449. The maximum absolute atomic E-state index is 13.3. The standard InChI is InChI=1S/C11H7FN4O/c12-8-2-1-3-9(7(8)6-13)17-11-5-4-10(14)15-16-11/h1-5H,(H2,14,15). The molecule has 6 heteroatoms. The highest BCUT2D eigenvalue weighted by molar-refractivity contribution is 5.45. The van der Waals surface area contributed by atoms with Gasteiger partial charge in [0.05, 0.1) is 0 Å². The Kier molecular flexibility index (Phi) is 2.83. The summed E-state index contributed by atoms with van der Waals surface area (Å²) in [6.45, 7) is 0. The Morgan fingerprint density at radius 3 is 2.71 bits per heavy atom. The minimum absolute atomic E-state index is 0.0894. The number of hydrogen-bond donors (Lipinski definition) is 1. The molecule has 0 amide bonds. The average molecular weight is 230 g/mol. The molecule has 1 aromatic heterocycles. The SMILES string of the molecule is N#Cc1c(F)cccc1Oc1ccc(N)nn1. The number of nitrogen functional groups attached to an aromatic ring is 1. The highest BCUT2D eigenvalue weighted by atomic mass is 19.1. The zero-order valence-corrected chi connectivity index (χ0v) is 8.59. The van der Waals surface area contributed by atoms with E-state index in [9.17, 15) is 4.39 Å². The lowest BCUT2D eigenvalue weighted by Crippen LogP contribution is -1.96. The van der Waals surface area contributed by atoms with Gasteiger partial charge in [-0.2, -0.15) is 5.26 Å². The van der Waals surface area contributed by atoms with E-state index in [0.717, 1.165) is 0 Å². The molecule has 0 atom stereocenters. The van der Waals surface area contributed by atoms with Crippen LogP contribution in [0.4, 0.5) is 10.2 Å². The van der Waals surface area contributed by atoms with Gasteiger partial charge in [-0.1, -0.05) is 6.07 Å². The third-order valence-corrected chi connectivity index (χ3v) is 1.96.